The minimum atomic E-state index is -0.968. The first-order chi connectivity index (χ1) is 17.8. The SMILES string of the molecule is O=C(Nc1ccc([N+](=O)[O-])cc1)C1C2C(=O)N(c3cccc(Br)c3)C(=O)C2C2C=Cc3ccccc3N21. The number of amides is 3. The molecule has 0 aromatic heterocycles. The van der Waals surface area contributed by atoms with Gasteiger partial charge in [-0.15, -0.1) is 0 Å². The van der Waals surface area contributed by atoms with Crippen LogP contribution in [0.3, 0.4) is 0 Å². The number of imide groups is 1. The van der Waals surface area contributed by atoms with Gasteiger partial charge < -0.3 is 10.2 Å². The van der Waals surface area contributed by atoms with E-state index in [4.69, 9.17) is 0 Å². The topological polar surface area (TPSA) is 113 Å². The van der Waals surface area contributed by atoms with E-state index < -0.39 is 40.7 Å². The van der Waals surface area contributed by atoms with Crippen LogP contribution in [0.5, 0.6) is 0 Å². The summed E-state index contributed by atoms with van der Waals surface area (Å²) in [7, 11) is 0. The molecule has 3 aromatic rings. The smallest absolute Gasteiger partial charge is 0.269 e. The van der Waals surface area contributed by atoms with Gasteiger partial charge in [0.2, 0.25) is 17.7 Å². The summed E-state index contributed by atoms with van der Waals surface area (Å²) in [6.45, 7) is 0. The third-order valence-electron chi connectivity index (χ3n) is 7.10. The monoisotopic (exact) mass is 558 g/mol. The van der Waals surface area contributed by atoms with Crippen LogP contribution in [0.15, 0.2) is 83.3 Å². The van der Waals surface area contributed by atoms with E-state index in [0.29, 0.717) is 11.4 Å². The zero-order valence-corrected chi connectivity index (χ0v) is 20.7. The number of non-ortho nitro benzene ring substituents is 1. The van der Waals surface area contributed by atoms with Crippen molar-refractivity contribution >= 4 is 62.5 Å². The van der Waals surface area contributed by atoms with E-state index in [-0.39, 0.29) is 11.6 Å². The number of carbonyl (C=O) groups excluding carboxylic acids is 3. The molecule has 0 spiro atoms. The predicted octanol–water partition coefficient (Wildman–Crippen LogP) is 4.39. The molecule has 3 aliphatic rings. The van der Waals surface area contributed by atoms with Crippen molar-refractivity contribution < 1.29 is 19.3 Å². The summed E-state index contributed by atoms with van der Waals surface area (Å²) >= 11 is 3.40. The van der Waals surface area contributed by atoms with Crippen molar-refractivity contribution in [2.24, 2.45) is 11.8 Å². The van der Waals surface area contributed by atoms with Gasteiger partial charge in [-0.3, -0.25) is 24.5 Å². The number of carbonyl (C=O) groups is 3. The van der Waals surface area contributed by atoms with Crippen LogP contribution in [-0.4, -0.2) is 34.7 Å². The highest BCUT2D eigenvalue weighted by Crippen LogP contribution is 2.49. The summed E-state index contributed by atoms with van der Waals surface area (Å²) in [4.78, 5) is 54.9. The molecular formula is C27H19BrN4O5. The minimum absolute atomic E-state index is 0.102. The maximum absolute atomic E-state index is 13.8. The highest BCUT2D eigenvalue weighted by molar-refractivity contribution is 9.10. The fourth-order valence-electron chi connectivity index (χ4n) is 5.57. The number of rotatable bonds is 4. The largest absolute Gasteiger partial charge is 0.351 e. The Labute approximate surface area is 219 Å². The predicted molar refractivity (Wildman–Crippen MR) is 141 cm³/mol. The van der Waals surface area contributed by atoms with Crippen LogP contribution in [0.1, 0.15) is 5.56 Å². The lowest BCUT2D eigenvalue weighted by atomic mass is 9.88. The molecule has 2 fully saturated rings. The van der Waals surface area contributed by atoms with Gasteiger partial charge in [-0.1, -0.05) is 52.3 Å². The first kappa shape index (κ1) is 23.1. The first-order valence-electron chi connectivity index (χ1n) is 11.6. The van der Waals surface area contributed by atoms with Gasteiger partial charge in [0.15, 0.2) is 0 Å². The lowest BCUT2D eigenvalue weighted by Crippen LogP contribution is -2.50. The van der Waals surface area contributed by atoms with Crippen LogP contribution in [0.2, 0.25) is 0 Å². The van der Waals surface area contributed by atoms with Crippen molar-refractivity contribution in [3.63, 3.8) is 0 Å². The zero-order chi connectivity index (χ0) is 25.8. The van der Waals surface area contributed by atoms with E-state index in [2.05, 4.69) is 21.2 Å². The number of nitro groups is 1. The molecule has 4 unspecified atom stereocenters. The van der Waals surface area contributed by atoms with E-state index in [1.54, 1.807) is 24.3 Å². The molecule has 0 radical (unpaired) electrons. The number of fused-ring (bicyclic) bond motifs is 5. The molecule has 0 saturated carbocycles. The number of hydrogen-bond donors (Lipinski definition) is 1. The van der Waals surface area contributed by atoms with Crippen molar-refractivity contribution in [1.29, 1.82) is 0 Å². The quantitative estimate of drug-likeness (QED) is 0.288. The van der Waals surface area contributed by atoms with Gasteiger partial charge in [0.1, 0.15) is 6.04 Å². The number of benzene rings is 3. The maximum Gasteiger partial charge on any atom is 0.269 e. The molecular weight excluding hydrogens is 540 g/mol. The van der Waals surface area contributed by atoms with Gasteiger partial charge in [0.05, 0.1) is 28.5 Å². The Kier molecular flexibility index (Phi) is 5.41. The molecule has 9 nitrogen and oxygen atoms in total. The Hall–Kier alpha value is -4.31. The van der Waals surface area contributed by atoms with Crippen LogP contribution in [0.25, 0.3) is 6.08 Å². The van der Waals surface area contributed by atoms with Crippen molar-refractivity contribution in [3.8, 4) is 0 Å². The van der Waals surface area contributed by atoms with E-state index in [0.717, 1.165) is 15.7 Å². The van der Waals surface area contributed by atoms with Crippen molar-refractivity contribution in [2.45, 2.75) is 12.1 Å². The van der Waals surface area contributed by atoms with Gasteiger partial charge in [0.25, 0.3) is 5.69 Å². The van der Waals surface area contributed by atoms with Crippen molar-refractivity contribution in [1.82, 2.24) is 0 Å². The number of nitrogens with zero attached hydrogens (tertiary/aromatic N) is 3. The highest BCUT2D eigenvalue weighted by atomic mass is 79.9. The second kappa shape index (κ2) is 8.67. The highest BCUT2D eigenvalue weighted by Gasteiger charge is 2.64. The van der Waals surface area contributed by atoms with Crippen LogP contribution < -0.4 is 15.1 Å². The van der Waals surface area contributed by atoms with E-state index in [1.807, 2.05) is 41.3 Å². The van der Waals surface area contributed by atoms with Crippen LogP contribution in [0.4, 0.5) is 22.7 Å². The Morgan fingerprint density at radius 1 is 0.946 bits per heavy atom. The lowest BCUT2D eigenvalue weighted by Gasteiger charge is -2.36. The van der Waals surface area contributed by atoms with E-state index in [9.17, 15) is 24.5 Å². The minimum Gasteiger partial charge on any atom is -0.351 e. The van der Waals surface area contributed by atoms with Crippen LogP contribution in [-0.2, 0) is 14.4 Å². The standard InChI is InChI=1S/C27H19BrN4O5/c28-16-5-3-6-19(14-16)30-26(34)22-21-13-8-15-4-1-2-7-20(15)31(21)24(23(22)27(30)35)25(33)29-17-9-11-18(12-10-17)32(36)37/h1-14,21-24H,(H,29,33). The van der Waals surface area contributed by atoms with Gasteiger partial charge in [0, 0.05) is 28.0 Å². The second-order valence-corrected chi connectivity index (χ2v) is 10.0. The Morgan fingerprint density at radius 2 is 1.68 bits per heavy atom. The number of para-hydroxylation sites is 1. The maximum atomic E-state index is 13.8. The second-order valence-electron chi connectivity index (χ2n) is 9.10. The van der Waals surface area contributed by atoms with Gasteiger partial charge in [-0.25, -0.2) is 4.90 Å². The summed E-state index contributed by atoms with van der Waals surface area (Å²) in [5, 5.41) is 13.8. The lowest BCUT2D eigenvalue weighted by molar-refractivity contribution is -0.384. The number of nitro benzene ring substituents is 1. The molecule has 184 valence electrons. The van der Waals surface area contributed by atoms with Gasteiger partial charge in [-0.05, 0) is 42.0 Å². The van der Waals surface area contributed by atoms with Gasteiger partial charge in [-0.2, -0.15) is 0 Å². The molecule has 3 heterocycles. The Balaban J connectivity index is 1.41. The van der Waals surface area contributed by atoms with E-state index in [1.165, 1.54) is 29.2 Å². The summed E-state index contributed by atoms with van der Waals surface area (Å²) in [5.41, 5.74) is 2.35. The Bertz CT molecular complexity index is 1500. The molecule has 3 amide bonds. The normalized spacial score (nSPS) is 23.5. The summed E-state index contributed by atoms with van der Waals surface area (Å²) in [6.07, 6.45) is 3.80. The molecule has 4 atom stereocenters. The number of nitrogens with one attached hydrogen (secondary N) is 1. The third-order valence-corrected chi connectivity index (χ3v) is 7.59. The molecule has 0 bridgehead atoms. The van der Waals surface area contributed by atoms with E-state index >= 15 is 0 Å². The third kappa shape index (κ3) is 3.63. The average molecular weight is 559 g/mol. The van der Waals surface area contributed by atoms with Crippen LogP contribution >= 0.6 is 15.9 Å². The molecule has 1 N–H and O–H groups in total. The molecule has 0 aliphatic carbocycles. The molecule has 6 rings (SSSR count). The van der Waals surface area contributed by atoms with Gasteiger partial charge >= 0.3 is 0 Å². The zero-order valence-electron chi connectivity index (χ0n) is 19.2. The summed E-state index contributed by atoms with van der Waals surface area (Å²) in [5.74, 6) is -2.90. The Morgan fingerprint density at radius 3 is 2.41 bits per heavy atom. The summed E-state index contributed by atoms with van der Waals surface area (Å²) in [6, 6.07) is 18.5. The fourth-order valence-corrected chi connectivity index (χ4v) is 5.95. The summed E-state index contributed by atoms with van der Waals surface area (Å²) < 4.78 is 0.725. The van der Waals surface area contributed by atoms with Crippen LogP contribution in [0, 0.1) is 22.0 Å². The number of anilines is 3. The first-order valence-corrected chi connectivity index (χ1v) is 12.4. The molecule has 3 aromatic carbocycles. The fraction of sp³-hybridized carbons (Fsp3) is 0.148. The average Bonchev–Trinajstić information content (AvgIpc) is 3.37. The molecule has 10 heteroatoms. The molecule has 37 heavy (non-hydrogen) atoms. The number of hydrogen-bond acceptors (Lipinski definition) is 6. The molecule has 3 aliphatic heterocycles. The van der Waals surface area contributed by atoms with Crippen molar-refractivity contribution in [3.05, 3.63) is 99.0 Å². The number of halogens is 1. The molecule has 2 saturated heterocycles. The van der Waals surface area contributed by atoms with Crippen molar-refractivity contribution in [2.75, 3.05) is 15.1 Å².